The van der Waals surface area contributed by atoms with Crippen LogP contribution in [0.3, 0.4) is 0 Å². The van der Waals surface area contributed by atoms with E-state index in [2.05, 4.69) is 12.1 Å². The zero-order chi connectivity index (χ0) is 17.1. The van der Waals surface area contributed by atoms with Crippen LogP contribution in [0.4, 0.5) is 5.69 Å². The molecule has 3 rings (SSSR count). The lowest BCUT2D eigenvalue weighted by Crippen LogP contribution is -2.26. The third kappa shape index (κ3) is 3.48. The number of hydrogen-bond acceptors (Lipinski definition) is 5. The van der Waals surface area contributed by atoms with Crippen LogP contribution in [-0.4, -0.2) is 23.6 Å². The molecule has 1 aromatic heterocycles. The zero-order valence-corrected chi connectivity index (χ0v) is 13.8. The van der Waals surface area contributed by atoms with E-state index in [1.807, 2.05) is 24.3 Å². The molecule has 126 valence electrons. The van der Waals surface area contributed by atoms with E-state index in [9.17, 15) is 9.59 Å². The summed E-state index contributed by atoms with van der Waals surface area (Å²) in [6.45, 7) is 4.26. The van der Waals surface area contributed by atoms with E-state index in [4.69, 9.17) is 9.26 Å². The van der Waals surface area contributed by atoms with Gasteiger partial charge >= 0.3 is 5.97 Å². The highest BCUT2D eigenvalue weighted by atomic mass is 16.5. The van der Waals surface area contributed by atoms with Crippen molar-refractivity contribution < 1.29 is 18.8 Å². The average Bonchev–Trinajstić information content (AvgIpc) is 3.18. The Morgan fingerprint density at radius 3 is 2.75 bits per heavy atom. The minimum atomic E-state index is -0.448. The van der Waals surface area contributed by atoms with Gasteiger partial charge in [0.2, 0.25) is 5.91 Å². The van der Waals surface area contributed by atoms with E-state index >= 15 is 0 Å². The predicted octanol–water partition coefficient (Wildman–Crippen LogP) is 2.64. The molecule has 2 aromatic rings. The summed E-state index contributed by atoms with van der Waals surface area (Å²) in [7, 11) is 0. The maximum absolute atomic E-state index is 12.2. The summed E-state index contributed by atoms with van der Waals surface area (Å²) < 4.78 is 10.2. The first kappa shape index (κ1) is 16.2. The Labute approximate surface area is 140 Å². The average molecular weight is 328 g/mol. The quantitative estimate of drug-likeness (QED) is 0.789. The molecule has 0 aliphatic carbocycles. The number of carbonyl (C=O) groups is 2. The van der Waals surface area contributed by atoms with Crippen molar-refractivity contribution in [3.63, 3.8) is 0 Å². The van der Waals surface area contributed by atoms with Gasteiger partial charge in [0.05, 0.1) is 5.92 Å². The van der Waals surface area contributed by atoms with Crippen LogP contribution in [0.25, 0.3) is 0 Å². The fraction of sp³-hybridized carbons (Fsp3) is 0.389. The Balaban J connectivity index is 1.59. The first-order valence-electron chi connectivity index (χ1n) is 8.05. The molecule has 6 nitrogen and oxygen atoms in total. The highest BCUT2D eigenvalue weighted by Gasteiger charge is 2.36. The molecule has 24 heavy (non-hydrogen) atoms. The number of aromatic nitrogens is 1. The first-order valence-corrected chi connectivity index (χ1v) is 8.05. The monoisotopic (exact) mass is 328 g/mol. The Hall–Kier alpha value is -2.63. The second-order valence-corrected chi connectivity index (χ2v) is 5.96. The van der Waals surface area contributed by atoms with E-state index in [-0.39, 0.29) is 24.9 Å². The van der Waals surface area contributed by atoms with Crippen LogP contribution in [0.15, 0.2) is 34.9 Å². The van der Waals surface area contributed by atoms with Crippen LogP contribution >= 0.6 is 0 Å². The van der Waals surface area contributed by atoms with Crippen molar-refractivity contribution in [3.05, 3.63) is 47.3 Å². The first-order chi connectivity index (χ1) is 11.6. The lowest BCUT2D eigenvalue weighted by atomic mass is 10.1. The number of amides is 1. The van der Waals surface area contributed by atoms with Gasteiger partial charge in [-0.1, -0.05) is 24.2 Å². The summed E-state index contributed by atoms with van der Waals surface area (Å²) in [6, 6.07) is 9.56. The fourth-order valence-corrected chi connectivity index (χ4v) is 2.78. The molecule has 0 bridgehead atoms. The Morgan fingerprint density at radius 1 is 1.38 bits per heavy atom. The van der Waals surface area contributed by atoms with Crippen molar-refractivity contribution in [2.24, 2.45) is 5.92 Å². The molecule has 0 saturated carbocycles. The molecule has 1 aromatic carbocycles. The third-order valence-electron chi connectivity index (χ3n) is 4.15. The second kappa shape index (κ2) is 6.86. The highest BCUT2D eigenvalue weighted by Crippen LogP contribution is 2.26. The molecule has 0 N–H and O–H groups in total. The van der Waals surface area contributed by atoms with Gasteiger partial charge in [-0.15, -0.1) is 0 Å². The van der Waals surface area contributed by atoms with Gasteiger partial charge in [-0.25, -0.2) is 0 Å². The van der Waals surface area contributed by atoms with Gasteiger partial charge in [0, 0.05) is 24.7 Å². The summed E-state index contributed by atoms with van der Waals surface area (Å²) in [5.41, 5.74) is 2.60. The number of nitrogens with zero attached hydrogens (tertiary/aromatic N) is 2. The van der Waals surface area contributed by atoms with Gasteiger partial charge < -0.3 is 14.2 Å². The molecule has 1 amide bonds. The van der Waals surface area contributed by atoms with E-state index in [0.29, 0.717) is 18.0 Å². The maximum Gasteiger partial charge on any atom is 0.311 e. The maximum atomic E-state index is 12.2. The summed E-state index contributed by atoms with van der Waals surface area (Å²) in [6.07, 6.45) is 1.12. The van der Waals surface area contributed by atoms with Crippen molar-refractivity contribution in [2.45, 2.75) is 33.3 Å². The molecule has 1 aliphatic rings. The van der Waals surface area contributed by atoms with Crippen molar-refractivity contribution in [3.8, 4) is 0 Å². The lowest BCUT2D eigenvalue weighted by Gasteiger charge is -2.16. The lowest BCUT2D eigenvalue weighted by molar-refractivity contribution is -0.149. The normalized spacial score (nSPS) is 17.3. The predicted molar refractivity (Wildman–Crippen MR) is 87.3 cm³/mol. The number of anilines is 1. The number of hydrogen-bond donors (Lipinski definition) is 0. The second-order valence-electron chi connectivity index (χ2n) is 5.96. The Bertz CT molecular complexity index is 736. The summed E-state index contributed by atoms with van der Waals surface area (Å²) in [5.74, 6) is -0.217. The number of benzene rings is 1. The van der Waals surface area contributed by atoms with E-state index in [0.717, 1.165) is 12.1 Å². The Morgan fingerprint density at radius 2 is 2.12 bits per heavy atom. The Kier molecular flexibility index (Phi) is 4.64. The number of rotatable bonds is 5. The number of esters is 1. The summed E-state index contributed by atoms with van der Waals surface area (Å²) >= 11 is 0. The molecule has 0 unspecified atom stereocenters. The topological polar surface area (TPSA) is 72.6 Å². The van der Waals surface area contributed by atoms with Gasteiger partial charge in [-0.2, -0.15) is 0 Å². The van der Waals surface area contributed by atoms with Crippen molar-refractivity contribution in [2.75, 3.05) is 11.4 Å². The SMILES string of the molecule is CCc1ccc(N2C[C@H](C(=O)OCc3cc(C)on3)CC2=O)cc1. The third-order valence-corrected chi connectivity index (χ3v) is 4.15. The molecule has 6 heteroatoms. The molecule has 2 heterocycles. The minimum absolute atomic E-state index is 0.0570. The van der Waals surface area contributed by atoms with Crippen LogP contribution in [0.2, 0.25) is 0 Å². The minimum Gasteiger partial charge on any atom is -0.459 e. The largest absolute Gasteiger partial charge is 0.459 e. The molecule has 0 spiro atoms. The number of aryl methyl sites for hydroxylation is 2. The standard InChI is InChI=1S/C18H20N2O4/c1-3-13-4-6-16(7-5-13)20-10-14(9-17(20)21)18(22)23-11-15-8-12(2)24-19-15/h4-8,14H,3,9-11H2,1-2H3/t14-/m1/s1. The smallest absolute Gasteiger partial charge is 0.311 e. The van der Waals surface area contributed by atoms with E-state index in [1.165, 1.54) is 5.56 Å². The number of carbonyl (C=O) groups excluding carboxylic acids is 2. The van der Waals surface area contributed by atoms with Gasteiger partial charge in [0.25, 0.3) is 0 Å². The zero-order valence-electron chi connectivity index (χ0n) is 13.8. The van der Waals surface area contributed by atoms with Crippen molar-refractivity contribution in [1.29, 1.82) is 0 Å². The van der Waals surface area contributed by atoms with Gasteiger partial charge in [0.1, 0.15) is 18.1 Å². The van der Waals surface area contributed by atoms with Gasteiger partial charge in [-0.05, 0) is 31.0 Å². The van der Waals surface area contributed by atoms with Crippen LogP contribution in [0.5, 0.6) is 0 Å². The molecular weight excluding hydrogens is 308 g/mol. The molecule has 0 radical (unpaired) electrons. The van der Waals surface area contributed by atoms with Crippen LogP contribution in [-0.2, 0) is 27.4 Å². The summed E-state index contributed by atoms with van der Waals surface area (Å²) in [5, 5.41) is 3.78. The molecule has 1 fully saturated rings. The number of ether oxygens (including phenoxy) is 1. The van der Waals surface area contributed by atoms with E-state index in [1.54, 1.807) is 17.9 Å². The highest BCUT2D eigenvalue weighted by molar-refractivity contribution is 5.99. The summed E-state index contributed by atoms with van der Waals surface area (Å²) in [4.78, 5) is 26.0. The van der Waals surface area contributed by atoms with Crippen molar-refractivity contribution in [1.82, 2.24) is 5.16 Å². The van der Waals surface area contributed by atoms with Crippen LogP contribution in [0, 0.1) is 12.8 Å². The van der Waals surface area contributed by atoms with Crippen LogP contribution in [0.1, 0.15) is 30.4 Å². The molecule has 1 atom stereocenters. The van der Waals surface area contributed by atoms with E-state index < -0.39 is 5.92 Å². The van der Waals surface area contributed by atoms with Crippen molar-refractivity contribution >= 4 is 17.6 Å². The van der Waals surface area contributed by atoms with Gasteiger partial charge in [-0.3, -0.25) is 9.59 Å². The van der Waals surface area contributed by atoms with Crippen LogP contribution < -0.4 is 4.90 Å². The molecule has 1 aliphatic heterocycles. The molecular formula is C18H20N2O4. The fourth-order valence-electron chi connectivity index (χ4n) is 2.78. The molecule has 1 saturated heterocycles. The van der Waals surface area contributed by atoms with Gasteiger partial charge in [0.15, 0.2) is 0 Å².